The van der Waals surface area contributed by atoms with Crippen molar-refractivity contribution in [3.05, 3.63) is 98.0 Å². The van der Waals surface area contributed by atoms with Crippen molar-refractivity contribution in [1.82, 2.24) is 15.1 Å². The average molecular weight is 567 g/mol. The summed E-state index contributed by atoms with van der Waals surface area (Å²) >= 11 is 9.39. The van der Waals surface area contributed by atoms with Crippen LogP contribution in [0, 0.1) is 0 Å². The standard InChI is InChI=1S/C25H17BrClN5O4/c26-15-7-8-18(17(12-15)23-31-25(35)36-32-23)30-24(34)20-11-14-4-2-6-19(22(14)29-20)28-21(33)10-13-3-1-5-16(27)9-13/h1-9,11-12,29H,10H2,(H,28,33)(H,30,34)(H,31,32,35). The molecule has 2 aromatic heterocycles. The van der Waals surface area contributed by atoms with Crippen molar-refractivity contribution < 1.29 is 14.1 Å². The number of aromatic nitrogens is 3. The summed E-state index contributed by atoms with van der Waals surface area (Å²) in [5, 5.41) is 10.7. The Bertz CT molecular complexity index is 1670. The molecule has 180 valence electrons. The Morgan fingerprint density at radius 3 is 2.58 bits per heavy atom. The number of H-pyrrole nitrogens is 2. The number of carbonyl (C=O) groups excluding carboxylic acids is 2. The number of fused-ring (bicyclic) bond motifs is 1. The number of benzene rings is 3. The van der Waals surface area contributed by atoms with Gasteiger partial charge < -0.3 is 15.6 Å². The van der Waals surface area contributed by atoms with Gasteiger partial charge >= 0.3 is 5.76 Å². The molecular formula is C25H17BrClN5O4. The third-order valence-electron chi connectivity index (χ3n) is 5.35. The number of halogens is 2. The molecule has 11 heteroatoms. The smallest absolute Gasteiger partial charge is 0.349 e. The summed E-state index contributed by atoms with van der Waals surface area (Å²) in [5.74, 6) is -1.16. The molecule has 0 spiro atoms. The predicted octanol–water partition coefficient (Wildman–Crippen LogP) is 5.36. The maximum atomic E-state index is 13.1. The van der Waals surface area contributed by atoms with Crippen LogP contribution in [0.25, 0.3) is 22.3 Å². The first-order valence-corrected chi connectivity index (χ1v) is 11.9. The second-order valence-corrected chi connectivity index (χ2v) is 9.25. The Morgan fingerprint density at radius 1 is 0.972 bits per heavy atom. The first-order chi connectivity index (χ1) is 17.4. The maximum Gasteiger partial charge on any atom is 0.439 e. The van der Waals surface area contributed by atoms with Crippen molar-refractivity contribution in [2.24, 2.45) is 0 Å². The molecule has 0 radical (unpaired) electrons. The first-order valence-electron chi connectivity index (χ1n) is 10.7. The van der Waals surface area contributed by atoms with Crippen molar-refractivity contribution in [2.45, 2.75) is 6.42 Å². The predicted molar refractivity (Wildman–Crippen MR) is 140 cm³/mol. The zero-order valence-electron chi connectivity index (χ0n) is 18.4. The van der Waals surface area contributed by atoms with Crippen LogP contribution in [0.4, 0.5) is 11.4 Å². The second-order valence-electron chi connectivity index (χ2n) is 7.90. The van der Waals surface area contributed by atoms with Crippen LogP contribution in [-0.4, -0.2) is 26.9 Å². The normalized spacial score (nSPS) is 10.9. The minimum Gasteiger partial charge on any atom is -0.349 e. The van der Waals surface area contributed by atoms with E-state index in [2.05, 4.69) is 46.2 Å². The Kier molecular flexibility index (Phi) is 6.45. The molecule has 36 heavy (non-hydrogen) atoms. The number of anilines is 2. The minimum atomic E-state index is -0.706. The Labute approximate surface area is 217 Å². The zero-order chi connectivity index (χ0) is 25.2. The molecule has 0 atom stereocenters. The molecular weight excluding hydrogens is 550 g/mol. The maximum absolute atomic E-state index is 13.1. The fourth-order valence-electron chi connectivity index (χ4n) is 3.77. The fourth-order valence-corrected chi connectivity index (χ4v) is 4.34. The van der Waals surface area contributed by atoms with Crippen LogP contribution < -0.4 is 16.4 Å². The Hall–Kier alpha value is -4.15. The summed E-state index contributed by atoms with van der Waals surface area (Å²) in [6, 6.07) is 19.3. The highest BCUT2D eigenvalue weighted by atomic mass is 79.9. The molecule has 0 aliphatic heterocycles. The number of aromatic amines is 2. The van der Waals surface area contributed by atoms with Crippen molar-refractivity contribution >= 4 is 61.6 Å². The van der Waals surface area contributed by atoms with Gasteiger partial charge in [-0.25, -0.2) is 4.79 Å². The van der Waals surface area contributed by atoms with Crippen molar-refractivity contribution in [3.63, 3.8) is 0 Å². The van der Waals surface area contributed by atoms with Gasteiger partial charge in [0.1, 0.15) is 5.69 Å². The van der Waals surface area contributed by atoms with Crippen LogP contribution >= 0.6 is 27.5 Å². The van der Waals surface area contributed by atoms with Crippen LogP contribution in [0.2, 0.25) is 5.02 Å². The highest BCUT2D eigenvalue weighted by Crippen LogP contribution is 2.30. The lowest BCUT2D eigenvalue weighted by molar-refractivity contribution is -0.115. The summed E-state index contributed by atoms with van der Waals surface area (Å²) in [6.45, 7) is 0. The molecule has 4 N–H and O–H groups in total. The summed E-state index contributed by atoms with van der Waals surface area (Å²) < 4.78 is 5.32. The highest BCUT2D eigenvalue weighted by Gasteiger charge is 2.17. The van der Waals surface area contributed by atoms with Crippen LogP contribution in [0.15, 0.2) is 80.5 Å². The third-order valence-corrected chi connectivity index (χ3v) is 6.08. The number of carbonyl (C=O) groups is 2. The summed E-state index contributed by atoms with van der Waals surface area (Å²) in [5.41, 5.74) is 3.11. The van der Waals surface area contributed by atoms with Gasteiger partial charge in [0.15, 0.2) is 5.82 Å². The molecule has 0 saturated carbocycles. The van der Waals surface area contributed by atoms with E-state index in [0.29, 0.717) is 27.5 Å². The number of para-hydroxylation sites is 1. The third kappa shape index (κ3) is 5.09. The van der Waals surface area contributed by atoms with Gasteiger partial charge in [-0.1, -0.05) is 57.0 Å². The van der Waals surface area contributed by atoms with Gasteiger partial charge in [-0.3, -0.25) is 19.1 Å². The number of nitrogens with one attached hydrogen (secondary N) is 4. The van der Waals surface area contributed by atoms with Gasteiger partial charge in [0.25, 0.3) is 5.91 Å². The lowest BCUT2D eigenvalue weighted by Gasteiger charge is -2.09. The van der Waals surface area contributed by atoms with Crippen molar-refractivity contribution in [1.29, 1.82) is 0 Å². The van der Waals surface area contributed by atoms with Gasteiger partial charge in [0, 0.05) is 20.4 Å². The molecule has 0 aliphatic rings. The summed E-state index contributed by atoms with van der Waals surface area (Å²) in [7, 11) is 0. The van der Waals surface area contributed by atoms with E-state index < -0.39 is 11.7 Å². The number of rotatable bonds is 6. The van der Waals surface area contributed by atoms with E-state index in [1.165, 1.54) is 0 Å². The van der Waals surface area contributed by atoms with Gasteiger partial charge in [-0.05, 0) is 48.0 Å². The van der Waals surface area contributed by atoms with Crippen LogP contribution in [0.3, 0.4) is 0 Å². The van der Waals surface area contributed by atoms with Gasteiger partial charge in [0.2, 0.25) is 5.91 Å². The summed E-state index contributed by atoms with van der Waals surface area (Å²) in [6.07, 6.45) is 0.154. The topological polar surface area (TPSA) is 133 Å². The second kappa shape index (κ2) is 9.84. The monoisotopic (exact) mass is 565 g/mol. The SMILES string of the molecule is O=C(Cc1cccc(Cl)c1)Nc1cccc2cc(C(=O)Nc3ccc(Br)cc3-c3noc(=O)[nH]3)[nH]c12. The van der Waals surface area contributed by atoms with Crippen molar-refractivity contribution in [3.8, 4) is 11.4 Å². The lowest BCUT2D eigenvalue weighted by Crippen LogP contribution is -2.15. The molecule has 5 aromatic rings. The molecule has 0 aliphatic carbocycles. The van der Waals surface area contributed by atoms with E-state index in [-0.39, 0.29) is 23.8 Å². The highest BCUT2D eigenvalue weighted by molar-refractivity contribution is 9.10. The summed E-state index contributed by atoms with van der Waals surface area (Å²) in [4.78, 5) is 42.7. The van der Waals surface area contributed by atoms with Gasteiger partial charge in [-0.15, -0.1) is 0 Å². The van der Waals surface area contributed by atoms with Crippen LogP contribution in [0.5, 0.6) is 0 Å². The quantitative estimate of drug-likeness (QED) is 0.220. The molecule has 0 bridgehead atoms. The number of hydrogen-bond acceptors (Lipinski definition) is 5. The van der Waals surface area contributed by atoms with Crippen molar-refractivity contribution in [2.75, 3.05) is 10.6 Å². The first kappa shape index (κ1) is 23.6. The lowest BCUT2D eigenvalue weighted by atomic mass is 10.1. The van der Waals surface area contributed by atoms with Gasteiger partial charge in [0.05, 0.1) is 23.3 Å². The molecule has 2 amide bonds. The molecule has 0 fully saturated rings. The average Bonchev–Trinajstić information content (AvgIpc) is 3.47. The fraction of sp³-hybridized carbons (Fsp3) is 0.0400. The number of amides is 2. The minimum absolute atomic E-state index is 0.154. The molecule has 3 aromatic carbocycles. The van der Waals surface area contributed by atoms with E-state index in [9.17, 15) is 14.4 Å². The van der Waals surface area contributed by atoms with E-state index >= 15 is 0 Å². The van der Waals surface area contributed by atoms with E-state index in [4.69, 9.17) is 11.6 Å². The Balaban J connectivity index is 1.38. The Morgan fingerprint density at radius 2 is 1.81 bits per heavy atom. The molecule has 2 heterocycles. The van der Waals surface area contributed by atoms with Crippen LogP contribution in [0.1, 0.15) is 16.1 Å². The molecule has 0 unspecified atom stereocenters. The van der Waals surface area contributed by atoms with E-state index in [1.807, 2.05) is 12.1 Å². The molecule has 5 rings (SSSR count). The molecule has 0 saturated heterocycles. The molecule has 9 nitrogen and oxygen atoms in total. The zero-order valence-corrected chi connectivity index (χ0v) is 20.7. The number of nitrogens with zero attached hydrogens (tertiary/aromatic N) is 1. The van der Waals surface area contributed by atoms with Gasteiger partial charge in [-0.2, -0.15) is 0 Å². The van der Waals surface area contributed by atoms with E-state index in [0.717, 1.165) is 15.4 Å². The number of hydrogen-bond donors (Lipinski definition) is 4. The van der Waals surface area contributed by atoms with E-state index in [1.54, 1.807) is 54.6 Å². The largest absolute Gasteiger partial charge is 0.439 e. The van der Waals surface area contributed by atoms with Crippen LogP contribution in [-0.2, 0) is 11.2 Å².